The quantitative estimate of drug-likeness (QED) is 0.0425. The van der Waals surface area contributed by atoms with E-state index in [0.717, 1.165) is 163 Å². The van der Waals surface area contributed by atoms with E-state index in [-0.39, 0.29) is 63.9 Å². The Balaban J connectivity index is 0.000000123. The molecule has 0 saturated heterocycles. The number of aromatic nitrogens is 6. The molecule has 10 aromatic rings. The third-order valence-corrected chi connectivity index (χ3v) is 28.3. The number of rotatable bonds is 15. The van der Waals surface area contributed by atoms with Gasteiger partial charge in [0.05, 0.1) is 40.5 Å². The second kappa shape index (κ2) is 36.0. The van der Waals surface area contributed by atoms with Gasteiger partial charge >= 0.3 is 11.9 Å². The minimum atomic E-state index is -0.674. The predicted octanol–water partition coefficient (Wildman–Crippen LogP) is 21.4. The molecule has 18 heteroatoms. The number of aliphatic carboxylic acids is 1. The van der Waals surface area contributed by atoms with E-state index in [1.807, 2.05) is 70.7 Å². The van der Waals surface area contributed by atoms with Crippen LogP contribution in [0.25, 0.3) is 43.6 Å². The molecule has 18 rings (SSSR count). The van der Waals surface area contributed by atoms with Crippen molar-refractivity contribution in [2.75, 3.05) is 12.3 Å². The molecule has 6 aromatic heterocycles. The highest BCUT2D eigenvalue weighted by molar-refractivity contribution is 6.64. The van der Waals surface area contributed by atoms with Crippen LogP contribution < -0.4 is 5.73 Å². The van der Waals surface area contributed by atoms with Crippen LogP contribution in [0.5, 0.6) is 0 Å². The number of carbonyl (C=O) groups is 4. The van der Waals surface area contributed by atoms with Gasteiger partial charge in [-0.25, -0.2) is 22.5 Å². The molecule has 596 valence electrons. The van der Waals surface area contributed by atoms with Crippen LogP contribution in [-0.2, 0) is 30.3 Å². The fourth-order valence-electron chi connectivity index (χ4n) is 21.8. The molecule has 0 amide bonds. The zero-order valence-corrected chi connectivity index (χ0v) is 66.8. The van der Waals surface area contributed by atoms with Gasteiger partial charge in [0, 0.05) is 93.8 Å². The standard InChI is InChI=1S/C28H27FN2O.C22H26FNO2.C20H21ClFNO.C20H22FNO2.C7H6N2/c1-3-18-4-6-24(31-16-18)15-28(32)17(2)19-10-20-12-22(13-21(20)11-19)25-8-9-30-27-7-5-23(29)14-26(25)27;1-3-26-22(25)13(2)14-8-15-10-17(11-16(15)9-14)19-6-7-24-21-5-4-18(23)12-20(19)21;1-11(20(21)24)12-6-13-8-15(9-14(13)7-12)17-4-5-23-19-3-2-16(22)10-18(17)19;1-11(20(23)24)12-6-13-8-15(9-14(13)7-12)17-4-5-22-19-3-2-16(21)10-18(17)19;1-2-6-3-4-7(8)9-5-6/h1,4-9,14,16-17,19-22H,10-13,15H2,2H3;4-7,12-17H,3,8-11H2,1-2H3;2-5,10-15H,6-9H2,1H3;2-5,10-15H,6-9H2,1H3,(H,23,24);1,3-5H,(H2,8,9)/t17?,19?,20-,21+,22?;13?,14?,15-,16+,17?;2*11?,12?,13-,14+,15?;. The van der Waals surface area contributed by atoms with Crippen molar-refractivity contribution >= 4 is 84.0 Å². The monoisotopic (exact) mass is 1570 g/mol. The Morgan fingerprint density at radius 1 is 0.435 bits per heavy atom. The number of carboxylic acids is 1. The number of halogens is 5. The first-order chi connectivity index (χ1) is 55.5. The fourth-order valence-corrected chi connectivity index (χ4v) is 22.0. The highest BCUT2D eigenvalue weighted by atomic mass is 35.5. The summed E-state index contributed by atoms with van der Waals surface area (Å²) in [5.74, 6) is 12.6. The van der Waals surface area contributed by atoms with Crippen molar-refractivity contribution < 1.29 is 46.6 Å². The summed E-state index contributed by atoms with van der Waals surface area (Å²) in [6.07, 6.45) is 39.0. The average molecular weight is 1570 g/mol. The molecule has 20 atom stereocenters. The maximum Gasteiger partial charge on any atom is 0.308 e. The number of Topliss-reactive ketones (excluding diaryl/α,β-unsaturated/α-hetero) is 1. The van der Waals surface area contributed by atoms with Crippen LogP contribution in [0.3, 0.4) is 0 Å². The van der Waals surface area contributed by atoms with Crippen LogP contribution in [0.4, 0.5) is 23.4 Å². The molecule has 0 radical (unpaired) electrons. The molecular weight excluding hydrogens is 1470 g/mol. The van der Waals surface area contributed by atoms with Gasteiger partial charge in [-0.15, -0.1) is 12.8 Å². The number of hydrogen-bond donors (Lipinski definition) is 2. The molecule has 0 bridgehead atoms. The second-order valence-electron chi connectivity index (χ2n) is 34.4. The largest absolute Gasteiger partial charge is 0.481 e. The molecule has 115 heavy (non-hydrogen) atoms. The normalized spacial score (nSPS) is 27.0. The summed E-state index contributed by atoms with van der Waals surface area (Å²) in [6.45, 7) is 10.2. The van der Waals surface area contributed by atoms with Gasteiger partial charge in [0.25, 0.3) is 0 Å². The Hall–Kier alpha value is -9.97. The SMILES string of the molecule is C#Cc1ccc(CC(=O)C(C)C2C[C@H]3CC(c4ccnc5ccc(F)cc45)C[C@H]3C2)nc1.C#Cc1ccc(N)nc1.CC(C(=O)Cl)C1C[C@H]2CC(c3ccnc4ccc(F)cc34)C[C@H]2C1.CC(C(=O)O)C1C[C@H]2CC(c3ccnc4ccc(F)cc34)C[C@H]2C1.CCOC(=O)C(C)C1C[C@H]2CC(c3ccnc4ccc(F)cc34)C[C@H]2C1. The molecule has 6 heterocycles. The Kier molecular flexibility index (Phi) is 25.6. The topological polar surface area (TPSA) is 201 Å². The van der Waals surface area contributed by atoms with Crippen molar-refractivity contribution in [2.45, 2.75) is 167 Å². The molecule has 8 aliphatic rings. The Morgan fingerprint density at radius 3 is 1.03 bits per heavy atom. The summed E-state index contributed by atoms with van der Waals surface area (Å²) in [5, 5.41) is 12.8. The van der Waals surface area contributed by atoms with Gasteiger partial charge in [-0.1, -0.05) is 39.5 Å². The predicted molar refractivity (Wildman–Crippen MR) is 443 cm³/mol. The minimum Gasteiger partial charge on any atom is -0.481 e. The summed E-state index contributed by atoms with van der Waals surface area (Å²) in [4.78, 5) is 73.2. The van der Waals surface area contributed by atoms with Crippen molar-refractivity contribution in [3.05, 3.63) is 221 Å². The molecule has 0 spiro atoms. The lowest BCUT2D eigenvalue weighted by Gasteiger charge is -2.21. The number of hydrogen-bond acceptors (Lipinski definition) is 12. The van der Waals surface area contributed by atoms with E-state index in [4.69, 9.17) is 34.9 Å². The number of fused-ring (bicyclic) bond motifs is 8. The first-order valence-corrected chi connectivity index (χ1v) is 41.7. The van der Waals surface area contributed by atoms with Gasteiger partial charge in [0.15, 0.2) is 0 Å². The fraction of sp³-hybridized carbons (Fsp3) is 0.443. The van der Waals surface area contributed by atoms with E-state index in [9.17, 15) is 41.8 Å². The third kappa shape index (κ3) is 18.6. The van der Waals surface area contributed by atoms with Gasteiger partial charge in [0.2, 0.25) is 5.24 Å². The van der Waals surface area contributed by atoms with Crippen molar-refractivity contribution in [3.63, 3.8) is 0 Å². The summed E-state index contributed by atoms with van der Waals surface area (Å²) >= 11 is 5.69. The number of carbonyl (C=O) groups excluding carboxylic acids is 3. The third-order valence-electron chi connectivity index (χ3n) is 28.0. The lowest BCUT2D eigenvalue weighted by Crippen LogP contribution is -2.22. The molecule has 8 aliphatic carbocycles. The number of anilines is 1. The first-order valence-electron chi connectivity index (χ1n) is 41.3. The summed E-state index contributed by atoms with van der Waals surface area (Å²) < 4.78 is 60.2. The number of pyridine rings is 6. The van der Waals surface area contributed by atoms with Gasteiger partial charge < -0.3 is 15.6 Å². The van der Waals surface area contributed by atoms with E-state index >= 15 is 0 Å². The molecule has 0 aliphatic heterocycles. The van der Waals surface area contributed by atoms with Crippen molar-refractivity contribution in [1.29, 1.82) is 0 Å². The van der Waals surface area contributed by atoms with Gasteiger partial charge in [-0.3, -0.25) is 44.1 Å². The Bertz CT molecular complexity index is 5100. The smallest absolute Gasteiger partial charge is 0.308 e. The molecular formula is C97H102ClF4N7O6. The number of benzene rings is 4. The number of ketones is 1. The number of nitrogen functional groups attached to an aromatic ring is 1. The van der Waals surface area contributed by atoms with E-state index in [2.05, 4.69) is 66.9 Å². The van der Waals surface area contributed by atoms with Crippen molar-refractivity contribution in [1.82, 2.24) is 29.9 Å². The molecule has 12 unspecified atom stereocenters. The second-order valence-corrected chi connectivity index (χ2v) is 34.8. The molecule has 13 nitrogen and oxygen atoms in total. The summed E-state index contributed by atoms with van der Waals surface area (Å²) in [5.41, 5.74) is 15.9. The maximum atomic E-state index is 13.9. The van der Waals surface area contributed by atoms with E-state index < -0.39 is 5.97 Å². The number of esters is 1. The van der Waals surface area contributed by atoms with E-state index in [0.29, 0.717) is 114 Å². The number of terminal acetylenes is 2. The summed E-state index contributed by atoms with van der Waals surface area (Å²) in [7, 11) is 0. The number of carboxylic acid groups (broad SMARTS) is 1. The minimum absolute atomic E-state index is 0.00477. The van der Waals surface area contributed by atoms with Crippen molar-refractivity contribution in [2.24, 2.45) is 94.7 Å². The zero-order valence-electron chi connectivity index (χ0n) is 66.1. The Morgan fingerprint density at radius 2 is 0.748 bits per heavy atom. The average Bonchev–Trinajstić information content (AvgIpc) is 1.66. The van der Waals surface area contributed by atoms with Crippen LogP contribution >= 0.6 is 11.6 Å². The number of nitrogens with two attached hydrogens (primary N) is 1. The number of nitrogens with zero attached hydrogens (tertiary/aromatic N) is 6. The Labute approximate surface area is 676 Å². The lowest BCUT2D eigenvalue weighted by molar-refractivity contribution is -0.149. The van der Waals surface area contributed by atoms with Crippen LogP contribution in [0, 0.1) is 143 Å². The van der Waals surface area contributed by atoms with Crippen LogP contribution in [-0.4, -0.2) is 64.6 Å². The zero-order chi connectivity index (χ0) is 80.9. The van der Waals surface area contributed by atoms with E-state index in [1.165, 1.54) is 46.5 Å². The highest BCUT2D eigenvalue weighted by Crippen LogP contribution is 2.59. The van der Waals surface area contributed by atoms with Crippen LogP contribution in [0.2, 0.25) is 0 Å². The maximum absolute atomic E-state index is 13.9. The van der Waals surface area contributed by atoms with Gasteiger partial charge in [-0.2, -0.15) is 0 Å². The first kappa shape index (κ1) is 81.6. The molecule has 3 N–H and O–H groups in total. The molecule has 8 saturated carbocycles. The summed E-state index contributed by atoms with van der Waals surface area (Å²) in [6, 6.07) is 34.7. The van der Waals surface area contributed by atoms with E-state index in [1.54, 1.807) is 73.1 Å². The van der Waals surface area contributed by atoms with Gasteiger partial charge in [0.1, 0.15) is 34.9 Å². The lowest BCUT2D eigenvalue weighted by atomic mass is 9.83. The molecule has 8 fully saturated rings. The van der Waals surface area contributed by atoms with Gasteiger partial charge in [-0.05, 0) is 360 Å². The number of ether oxygens (including phenoxy) is 1. The molecule has 4 aromatic carbocycles. The highest BCUT2D eigenvalue weighted by Gasteiger charge is 2.49. The van der Waals surface area contributed by atoms with Crippen LogP contribution in [0.15, 0.2) is 159 Å². The van der Waals surface area contributed by atoms with Crippen LogP contribution in [0.1, 0.15) is 200 Å². The van der Waals surface area contributed by atoms with Crippen molar-refractivity contribution in [3.8, 4) is 24.7 Å².